The lowest BCUT2D eigenvalue weighted by atomic mass is 9.87. The van der Waals surface area contributed by atoms with Crippen molar-refractivity contribution in [3.63, 3.8) is 0 Å². The molecular formula is C9H16N4O. The summed E-state index contributed by atoms with van der Waals surface area (Å²) in [5, 5.41) is 8.99. The minimum Gasteiger partial charge on any atom is -0.322 e. The van der Waals surface area contributed by atoms with Crippen LogP contribution in [0.5, 0.6) is 0 Å². The predicted molar refractivity (Wildman–Crippen MR) is 54.6 cm³/mol. The lowest BCUT2D eigenvalue weighted by molar-refractivity contribution is -0.119. The Balaban J connectivity index is 2.59. The predicted octanol–water partition coefficient (Wildman–Crippen LogP) is 0.722. The van der Waals surface area contributed by atoms with Crippen LogP contribution in [-0.4, -0.2) is 22.1 Å². The van der Waals surface area contributed by atoms with Crippen LogP contribution in [0.1, 0.15) is 20.8 Å². The van der Waals surface area contributed by atoms with Gasteiger partial charge in [0, 0.05) is 6.20 Å². The molecular weight excluding hydrogens is 180 g/mol. The van der Waals surface area contributed by atoms with E-state index in [0.29, 0.717) is 5.69 Å². The van der Waals surface area contributed by atoms with Crippen molar-refractivity contribution >= 4 is 11.6 Å². The second-order valence-electron chi connectivity index (χ2n) is 4.32. The average Bonchev–Trinajstić information content (AvgIpc) is 2.53. The van der Waals surface area contributed by atoms with E-state index in [0.717, 1.165) is 0 Å². The SMILES string of the molecule is CC(C)(C)[C@@H](N)C(=O)Nc1cn[nH]c1. The summed E-state index contributed by atoms with van der Waals surface area (Å²) in [5.41, 5.74) is 6.16. The highest BCUT2D eigenvalue weighted by molar-refractivity contribution is 5.94. The monoisotopic (exact) mass is 196 g/mol. The first-order valence-electron chi connectivity index (χ1n) is 4.46. The van der Waals surface area contributed by atoms with Gasteiger partial charge in [-0.15, -0.1) is 0 Å². The Hall–Kier alpha value is -1.36. The molecule has 1 aromatic rings. The maximum absolute atomic E-state index is 11.6. The summed E-state index contributed by atoms with van der Waals surface area (Å²) in [5.74, 6) is -0.195. The third-order valence-corrected chi connectivity index (χ3v) is 1.98. The van der Waals surface area contributed by atoms with Crippen molar-refractivity contribution in [3.8, 4) is 0 Å². The molecule has 0 unspecified atom stereocenters. The van der Waals surface area contributed by atoms with Crippen molar-refractivity contribution in [1.82, 2.24) is 10.2 Å². The lowest BCUT2D eigenvalue weighted by Gasteiger charge is -2.25. The van der Waals surface area contributed by atoms with E-state index in [-0.39, 0.29) is 11.3 Å². The Morgan fingerprint density at radius 2 is 2.29 bits per heavy atom. The van der Waals surface area contributed by atoms with E-state index in [9.17, 15) is 4.79 Å². The molecule has 5 heteroatoms. The van der Waals surface area contributed by atoms with Gasteiger partial charge in [-0.2, -0.15) is 5.10 Å². The van der Waals surface area contributed by atoms with Gasteiger partial charge in [-0.1, -0.05) is 20.8 Å². The van der Waals surface area contributed by atoms with Crippen molar-refractivity contribution in [2.24, 2.45) is 11.1 Å². The largest absolute Gasteiger partial charge is 0.322 e. The van der Waals surface area contributed by atoms with Gasteiger partial charge >= 0.3 is 0 Å². The molecule has 0 saturated carbocycles. The first-order valence-corrected chi connectivity index (χ1v) is 4.46. The molecule has 0 aliphatic heterocycles. The molecule has 1 amide bonds. The molecule has 1 atom stereocenters. The maximum Gasteiger partial charge on any atom is 0.241 e. The van der Waals surface area contributed by atoms with Crippen LogP contribution < -0.4 is 11.1 Å². The molecule has 5 nitrogen and oxygen atoms in total. The minimum atomic E-state index is -0.530. The molecule has 4 N–H and O–H groups in total. The fourth-order valence-corrected chi connectivity index (χ4v) is 0.933. The number of nitrogens with two attached hydrogens (primary N) is 1. The first-order chi connectivity index (χ1) is 6.41. The van der Waals surface area contributed by atoms with Crippen molar-refractivity contribution < 1.29 is 4.79 Å². The molecule has 0 radical (unpaired) electrons. The third kappa shape index (κ3) is 2.56. The fourth-order valence-electron chi connectivity index (χ4n) is 0.933. The molecule has 1 heterocycles. The van der Waals surface area contributed by atoms with Gasteiger partial charge in [0.1, 0.15) is 0 Å². The summed E-state index contributed by atoms with van der Waals surface area (Å²) in [6, 6.07) is -0.530. The zero-order valence-corrected chi connectivity index (χ0v) is 8.66. The summed E-state index contributed by atoms with van der Waals surface area (Å²) >= 11 is 0. The maximum atomic E-state index is 11.6. The summed E-state index contributed by atoms with van der Waals surface area (Å²) in [6.07, 6.45) is 3.14. The number of carbonyl (C=O) groups is 1. The molecule has 0 aromatic carbocycles. The first kappa shape index (κ1) is 10.7. The second kappa shape index (κ2) is 3.79. The van der Waals surface area contributed by atoms with E-state index in [1.54, 1.807) is 6.20 Å². The number of H-pyrrole nitrogens is 1. The summed E-state index contributed by atoms with van der Waals surface area (Å²) < 4.78 is 0. The molecule has 1 rings (SSSR count). The number of aromatic nitrogens is 2. The highest BCUT2D eigenvalue weighted by Gasteiger charge is 2.27. The third-order valence-electron chi connectivity index (χ3n) is 1.98. The highest BCUT2D eigenvalue weighted by Crippen LogP contribution is 2.18. The van der Waals surface area contributed by atoms with Crippen LogP contribution >= 0.6 is 0 Å². The van der Waals surface area contributed by atoms with Crippen molar-refractivity contribution in [2.75, 3.05) is 5.32 Å². The minimum absolute atomic E-state index is 0.195. The van der Waals surface area contributed by atoms with Crippen LogP contribution in [0, 0.1) is 5.41 Å². The number of nitrogens with one attached hydrogen (secondary N) is 2. The van der Waals surface area contributed by atoms with Gasteiger partial charge in [0.05, 0.1) is 17.9 Å². The van der Waals surface area contributed by atoms with Gasteiger partial charge in [-0.3, -0.25) is 9.89 Å². The van der Waals surface area contributed by atoms with E-state index in [1.807, 2.05) is 20.8 Å². The van der Waals surface area contributed by atoms with Crippen LogP contribution in [-0.2, 0) is 4.79 Å². The molecule has 14 heavy (non-hydrogen) atoms. The molecule has 78 valence electrons. The van der Waals surface area contributed by atoms with E-state index in [2.05, 4.69) is 15.5 Å². The number of rotatable bonds is 2. The highest BCUT2D eigenvalue weighted by atomic mass is 16.2. The number of carbonyl (C=O) groups excluding carboxylic acids is 1. The Bertz CT molecular complexity index is 299. The van der Waals surface area contributed by atoms with Crippen LogP contribution in [0.2, 0.25) is 0 Å². The van der Waals surface area contributed by atoms with E-state index < -0.39 is 6.04 Å². The summed E-state index contributed by atoms with van der Waals surface area (Å²) in [7, 11) is 0. The van der Waals surface area contributed by atoms with Crippen LogP contribution in [0.4, 0.5) is 5.69 Å². The van der Waals surface area contributed by atoms with Gasteiger partial charge in [0.25, 0.3) is 0 Å². The van der Waals surface area contributed by atoms with Crippen LogP contribution in [0.3, 0.4) is 0 Å². The number of hydrogen-bond acceptors (Lipinski definition) is 3. The van der Waals surface area contributed by atoms with Gasteiger partial charge in [-0.25, -0.2) is 0 Å². The van der Waals surface area contributed by atoms with E-state index >= 15 is 0 Å². The Kier molecular flexibility index (Phi) is 2.90. The Labute approximate surface area is 83.1 Å². The molecule has 0 aliphatic rings. The van der Waals surface area contributed by atoms with Gasteiger partial charge < -0.3 is 11.1 Å². The van der Waals surface area contributed by atoms with Gasteiger partial charge in [0.15, 0.2) is 0 Å². The Morgan fingerprint density at radius 1 is 1.64 bits per heavy atom. The van der Waals surface area contributed by atoms with Gasteiger partial charge in [0.2, 0.25) is 5.91 Å². The van der Waals surface area contributed by atoms with Crippen molar-refractivity contribution in [1.29, 1.82) is 0 Å². The number of anilines is 1. The average molecular weight is 196 g/mol. The lowest BCUT2D eigenvalue weighted by Crippen LogP contribution is -2.45. The topological polar surface area (TPSA) is 83.8 Å². The van der Waals surface area contributed by atoms with Gasteiger partial charge in [-0.05, 0) is 5.41 Å². The van der Waals surface area contributed by atoms with E-state index in [1.165, 1.54) is 6.20 Å². The Morgan fingerprint density at radius 3 is 2.71 bits per heavy atom. The van der Waals surface area contributed by atoms with Crippen molar-refractivity contribution in [3.05, 3.63) is 12.4 Å². The zero-order chi connectivity index (χ0) is 10.8. The molecule has 0 fully saturated rings. The normalized spacial score (nSPS) is 13.7. The number of hydrogen-bond donors (Lipinski definition) is 3. The van der Waals surface area contributed by atoms with E-state index in [4.69, 9.17) is 5.73 Å². The quantitative estimate of drug-likeness (QED) is 0.651. The second-order valence-corrected chi connectivity index (χ2v) is 4.32. The molecule has 1 aromatic heterocycles. The smallest absolute Gasteiger partial charge is 0.241 e. The number of amides is 1. The summed E-state index contributed by atoms with van der Waals surface area (Å²) in [6.45, 7) is 5.77. The molecule has 0 spiro atoms. The van der Waals surface area contributed by atoms with Crippen LogP contribution in [0.25, 0.3) is 0 Å². The summed E-state index contributed by atoms with van der Waals surface area (Å²) in [4.78, 5) is 11.6. The molecule has 0 saturated heterocycles. The number of nitrogens with zero attached hydrogens (tertiary/aromatic N) is 1. The standard InChI is InChI=1S/C9H16N4O/c1-9(2,3)7(10)8(14)13-6-4-11-12-5-6/h4-5,7H,10H2,1-3H3,(H,11,12)(H,13,14)/t7-/m0/s1. The van der Waals surface area contributed by atoms with Crippen molar-refractivity contribution in [2.45, 2.75) is 26.8 Å². The molecule has 0 bridgehead atoms. The van der Waals surface area contributed by atoms with Crippen LogP contribution in [0.15, 0.2) is 12.4 Å². The number of aromatic amines is 1. The zero-order valence-electron chi connectivity index (χ0n) is 8.66. The fraction of sp³-hybridized carbons (Fsp3) is 0.556. The molecule has 0 aliphatic carbocycles.